The average Bonchev–Trinajstić information content (AvgIpc) is 2.97. The van der Waals surface area contributed by atoms with Crippen molar-refractivity contribution in [2.24, 2.45) is 5.73 Å². The lowest BCUT2D eigenvalue weighted by Crippen LogP contribution is -2.47. The Morgan fingerprint density at radius 3 is 2.48 bits per heavy atom. The summed E-state index contributed by atoms with van der Waals surface area (Å²) in [5, 5.41) is 2.73. The van der Waals surface area contributed by atoms with E-state index in [0.717, 1.165) is 16.7 Å². The Balaban J connectivity index is 1.70. The fraction of sp³-hybridized carbons (Fsp3) is 0.194. The van der Waals surface area contributed by atoms with Crippen LogP contribution in [0.2, 0.25) is 0 Å². The van der Waals surface area contributed by atoms with Crippen molar-refractivity contribution in [1.82, 2.24) is 9.97 Å². The fourth-order valence-corrected chi connectivity index (χ4v) is 5.87. The number of sulfone groups is 1. The van der Waals surface area contributed by atoms with Gasteiger partial charge in [-0.3, -0.25) is 4.79 Å². The molecule has 40 heavy (non-hydrogen) atoms. The summed E-state index contributed by atoms with van der Waals surface area (Å²) in [6.45, 7) is 3.82. The molecule has 2 aromatic carbocycles. The summed E-state index contributed by atoms with van der Waals surface area (Å²) in [6.07, 6.45) is 5.38. The number of ether oxygens (including phenoxy) is 1. The normalized spacial score (nSPS) is 13.1. The van der Waals surface area contributed by atoms with Gasteiger partial charge in [0, 0.05) is 12.6 Å². The molecule has 0 aliphatic rings. The molecular weight excluding hydrogens is 524 g/mol. The number of carbonyl (C=O) groups excluding carboxylic acids is 1. The highest BCUT2D eigenvalue weighted by molar-refractivity contribution is 7.92. The summed E-state index contributed by atoms with van der Waals surface area (Å²) in [7, 11) is -4.21. The van der Waals surface area contributed by atoms with Gasteiger partial charge in [-0.05, 0) is 66.4 Å². The molecule has 0 fully saturated rings. The molecule has 1 atom stereocenters. The summed E-state index contributed by atoms with van der Waals surface area (Å²) in [6, 6.07) is 25.3. The van der Waals surface area contributed by atoms with Crippen LogP contribution in [-0.4, -0.2) is 37.5 Å². The van der Waals surface area contributed by atoms with Crippen molar-refractivity contribution >= 4 is 27.7 Å². The fourth-order valence-electron chi connectivity index (χ4n) is 4.29. The smallest absolute Gasteiger partial charge is 0.325 e. The van der Waals surface area contributed by atoms with Crippen LogP contribution in [-0.2, 0) is 30.7 Å². The van der Waals surface area contributed by atoms with Crippen LogP contribution < -0.4 is 11.1 Å². The van der Waals surface area contributed by atoms with E-state index < -0.39 is 20.7 Å². The van der Waals surface area contributed by atoms with Gasteiger partial charge >= 0.3 is 5.97 Å². The Bertz CT molecular complexity index is 1590. The average molecular weight is 557 g/mol. The van der Waals surface area contributed by atoms with Crippen LogP contribution >= 0.6 is 0 Å². The first-order chi connectivity index (χ1) is 19.3. The van der Waals surface area contributed by atoms with Crippen molar-refractivity contribution in [1.29, 1.82) is 0 Å². The quantitative estimate of drug-likeness (QED) is 0.248. The van der Waals surface area contributed by atoms with Crippen LogP contribution in [0.3, 0.4) is 0 Å². The van der Waals surface area contributed by atoms with E-state index in [4.69, 9.17) is 10.5 Å². The molecule has 206 valence electrons. The van der Waals surface area contributed by atoms with Gasteiger partial charge in [0.2, 0.25) is 9.84 Å². The van der Waals surface area contributed by atoms with Gasteiger partial charge in [-0.2, -0.15) is 0 Å². The number of esters is 1. The lowest BCUT2D eigenvalue weighted by Gasteiger charge is -2.29. The van der Waals surface area contributed by atoms with Crippen LogP contribution in [0.4, 0.5) is 5.82 Å². The van der Waals surface area contributed by atoms with E-state index >= 15 is 0 Å². The number of anilines is 1. The summed E-state index contributed by atoms with van der Waals surface area (Å²) >= 11 is 0. The molecule has 2 aromatic heterocycles. The van der Waals surface area contributed by atoms with Crippen molar-refractivity contribution in [3.63, 3.8) is 0 Å². The summed E-state index contributed by atoms with van der Waals surface area (Å²) in [4.78, 5) is 18.5. The molecule has 3 N–H and O–H groups in total. The minimum atomic E-state index is -4.21. The lowest BCUT2D eigenvalue weighted by atomic mass is 9.98. The van der Waals surface area contributed by atoms with Crippen molar-refractivity contribution < 1.29 is 17.9 Å². The number of nitrogens with one attached hydrogen (secondary N) is 1. The molecule has 9 heteroatoms. The Kier molecular flexibility index (Phi) is 9.08. The van der Waals surface area contributed by atoms with Gasteiger partial charge in [0.1, 0.15) is 12.4 Å². The van der Waals surface area contributed by atoms with Gasteiger partial charge in [0.05, 0.1) is 12.3 Å². The highest BCUT2D eigenvalue weighted by Gasteiger charge is 2.45. The topological polar surface area (TPSA) is 124 Å². The molecule has 1 unspecified atom stereocenters. The number of carbonyl (C=O) groups is 1. The van der Waals surface area contributed by atoms with E-state index in [1.165, 1.54) is 12.3 Å². The Morgan fingerprint density at radius 2 is 1.77 bits per heavy atom. The van der Waals surface area contributed by atoms with E-state index in [9.17, 15) is 13.2 Å². The van der Waals surface area contributed by atoms with Crippen molar-refractivity contribution in [2.75, 3.05) is 18.5 Å². The molecule has 2 heterocycles. The van der Waals surface area contributed by atoms with Gasteiger partial charge < -0.3 is 15.8 Å². The summed E-state index contributed by atoms with van der Waals surface area (Å²) < 4.78 is 32.9. The van der Waals surface area contributed by atoms with E-state index in [1.807, 2.05) is 61.5 Å². The van der Waals surface area contributed by atoms with Gasteiger partial charge in [-0.25, -0.2) is 18.4 Å². The first-order valence-corrected chi connectivity index (χ1v) is 14.4. The molecule has 0 aliphatic heterocycles. The second kappa shape index (κ2) is 12.7. The second-order valence-electron chi connectivity index (χ2n) is 9.13. The molecule has 0 saturated heterocycles. The Labute approximate surface area is 234 Å². The van der Waals surface area contributed by atoms with Crippen LogP contribution in [0.5, 0.6) is 0 Å². The Morgan fingerprint density at radius 1 is 1.00 bits per heavy atom. The van der Waals surface area contributed by atoms with Crippen molar-refractivity contribution in [3.8, 4) is 11.1 Å². The van der Waals surface area contributed by atoms with Gasteiger partial charge in [0.25, 0.3) is 0 Å². The van der Waals surface area contributed by atoms with Crippen LogP contribution in [0.1, 0.15) is 30.7 Å². The number of nitrogens with zero attached hydrogens (tertiary/aromatic N) is 2. The third kappa shape index (κ3) is 6.44. The molecule has 0 radical (unpaired) electrons. The number of rotatable bonds is 11. The minimum Gasteiger partial charge on any atom is -0.465 e. The van der Waals surface area contributed by atoms with Gasteiger partial charge in [0.15, 0.2) is 9.90 Å². The van der Waals surface area contributed by atoms with E-state index in [1.54, 1.807) is 37.3 Å². The minimum absolute atomic E-state index is 0.0564. The first-order valence-electron chi connectivity index (χ1n) is 12.9. The number of benzene rings is 2. The number of hydrogen-bond acceptors (Lipinski definition) is 8. The zero-order chi connectivity index (χ0) is 28.6. The zero-order valence-corrected chi connectivity index (χ0v) is 23.3. The molecule has 0 bridgehead atoms. The second-order valence-corrected chi connectivity index (χ2v) is 11.3. The van der Waals surface area contributed by atoms with E-state index in [0.29, 0.717) is 11.4 Å². The lowest BCUT2D eigenvalue weighted by molar-refractivity contribution is -0.140. The molecule has 0 spiro atoms. The number of hydrogen-bond donors (Lipinski definition) is 2. The monoisotopic (exact) mass is 556 g/mol. The SMILES string of the molecule is CC=Cc1cccc(-c2ccc(CC(N)(c3cccc(NCC(=O)OCC)n3)S(=O)(=O)c3ccccn3)cc2)c1. The van der Waals surface area contributed by atoms with Crippen LogP contribution in [0.15, 0.2) is 102 Å². The molecule has 4 aromatic rings. The standard InChI is InChI=1S/C31H32N4O4S/c1-3-9-23-10-7-11-26(20-23)25-17-15-24(16-18-25)21-31(32,40(37,38)29-14-5-6-19-33-29)27-12-8-13-28(35-27)34-22-30(36)39-4-2/h3,5-20H,4,21-22,32H2,1-2H3,(H,34,35). The molecular formula is C31H32N4O4S. The first kappa shape index (κ1) is 28.7. The molecule has 0 amide bonds. The molecule has 8 nitrogen and oxygen atoms in total. The number of aromatic nitrogens is 2. The molecule has 0 saturated carbocycles. The summed E-state index contributed by atoms with van der Waals surface area (Å²) in [5.41, 5.74) is 10.8. The van der Waals surface area contributed by atoms with Gasteiger partial charge in [-0.1, -0.05) is 66.7 Å². The predicted molar refractivity (Wildman–Crippen MR) is 157 cm³/mol. The third-order valence-corrected chi connectivity index (χ3v) is 8.40. The van der Waals surface area contributed by atoms with Crippen molar-refractivity contribution in [3.05, 3.63) is 114 Å². The highest BCUT2D eigenvalue weighted by atomic mass is 32.2. The summed E-state index contributed by atoms with van der Waals surface area (Å²) in [5.74, 6) is -0.154. The number of allylic oxidation sites excluding steroid dienone is 1. The maximum absolute atomic E-state index is 14.0. The number of nitrogens with two attached hydrogens (primary N) is 1. The predicted octanol–water partition coefficient (Wildman–Crippen LogP) is 4.98. The maximum atomic E-state index is 14.0. The third-order valence-electron chi connectivity index (χ3n) is 6.29. The molecule has 0 aliphatic carbocycles. The largest absolute Gasteiger partial charge is 0.465 e. The Hall–Kier alpha value is -4.34. The van der Waals surface area contributed by atoms with Crippen LogP contribution in [0, 0.1) is 0 Å². The van der Waals surface area contributed by atoms with E-state index in [-0.39, 0.29) is 30.3 Å². The van der Waals surface area contributed by atoms with Gasteiger partial charge in [-0.15, -0.1) is 0 Å². The molecule has 4 rings (SSSR count). The number of pyridine rings is 2. The zero-order valence-electron chi connectivity index (χ0n) is 22.4. The highest BCUT2D eigenvalue weighted by Crippen LogP contribution is 2.34. The van der Waals surface area contributed by atoms with Crippen molar-refractivity contribution in [2.45, 2.75) is 30.2 Å². The van der Waals surface area contributed by atoms with Crippen LogP contribution in [0.25, 0.3) is 17.2 Å². The van der Waals surface area contributed by atoms with E-state index in [2.05, 4.69) is 21.4 Å². The maximum Gasteiger partial charge on any atom is 0.325 e.